The summed E-state index contributed by atoms with van der Waals surface area (Å²) in [5.74, 6) is 0.148. The van der Waals surface area contributed by atoms with Crippen LogP contribution in [0.3, 0.4) is 0 Å². The van der Waals surface area contributed by atoms with Gasteiger partial charge in [-0.05, 0) is 78.4 Å². The fourth-order valence-corrected chi connectivity index (χ4v) is 5.64. The van der Waals surface area contributed by atoms with Gasteiger partial charge in [0.05, 0.1) is 12.1 Å². The summed E-state index contributed by atoms with van der Waals surface area (Å²) in [6.07, 6.45) is 3.45. The Morgan fingerprint density at radius 1 is 1.03 bits per heavy atom. The summed E-state index contributed by atoms with van der Waals surface area (Å²) < 4.78 is 11.6. The minimum Gasteiger partial charge on any atom is -0.489 e. The van der Waals surface area contributed by atoms with Gasteiger partial charge < -0.3 is 14.8 Å². The van der Waals surface area contributed by atoms with Crippen LogP contribution in [-0.2, 0) is 24.2 Å². The number of methoxy groups -OCH3 is 1. The van der Waals surface area contributed by atoms with Gasteiger partial charge in [0.25, 0.3) is 5.91 Å². The second-order valence-corrected chi connectivity index (χ2v) is 9.61. The van der Waals surface area contributed by atoms with E-state index in [0.717, 1.165) is 34.2 Å². The molecule has 4 aromatic rings. The molecule has 0 unspecified atom stereocenters. The van der Waals surface area contributed by atoms with Crippen molar-refractivity contribution >= 4 is 50.6 Å². The number of anilines is 1. The topological polar surface area (TPSA) is 64.6 Å². The van der Waals surface area contributed by atoms with Crippen LogP contribution in [-0.4, -0.2) is 19.0 Å². The number of carbonyl (C=O) groups is 2. The molecule has 0 fully saturated rings. The Bertz CT molecular complexity index is 1410. The minimum atomic E-state index is -0.476. The lowest BCUT2D eigenvalue weighted by molar-refractivity contribution is 0.0606. The van der Waals surface area contributed by atoms with Crippen LogP contribution >= 0.6 is 22.9 Å². The van der Waals surface area contributed by atoms with E-state index in [4.69, 9.17) is 21.1 Å². The minimum absolute atomic E-state index is 0.227. The number of nitrogens with one attached hydrogen (secondary N) is 1. The van der Waals surface area contributed by atoms with Crippen LogP contribution in [0.2, 0.25) is 5.02 Å². The van der Waals surface area contributed by atoms with E-state index < -0.39 is 5.97 Å². The number of fused-ring (bicyclic) bond motifs is 2. The molecular formula is C27H22ClNO4S. The van der Waals surface area contributed by atoms with Crippen molar-refractivity contribution in [3.05, 3.63) is 92.8 Å². The number of rotatable bonds is 6. The molecule has 1 aliphatic rings. The molecular weight excluding hydrogens is 470 g/mol. The summed E-state index contributed by atoms with van der Waals surface area (Å²) in [7, 11) is 1.32. The molecule has 7 heteroatoms. The maximum Gasteiger partial charge on any atom is 0.349 e. The van der Waals surface area contributed by atoms with Crippen LogP contribution in [0.15, 0.2) is 60.7 Å². The third-order valence-electron chi connectivity index (χ3n) is 5.92. The molecule has 5 rings (SSSR count). The average molecular weight is 492 g/mol. The number of amides is 1. The van der Waals surface area contributed by atoms with Gasteiger partial charge in [0, 0.05) is 21.3 Å². The van der Waals surface area contributed by atoms with Gasteiger partial charge in [0.1, 0.15) is 17.2 Å². The van der Waals surface area contributed by atoms with Crippen LogP contribution in [0.4, 0.5) is 5.69 Å². The van der Waals surface area contributed by atoms with Crippen molar-refractivity contribution in [2.45, 2.75) is 25.9 Å². The second-order valence-electron chi connectivity index (χ2n) is 8.17. The highest BCUT2D eigenvalue weighted by atomic mass is 35.5. The Morgan fingerprint density at radius 3 is 2.74 bits per heavy atom. The highest BCUT2D eigenvalue weighted by Gasteiger charge is 2.18. The van der Waals surface area contributed by atoms with E-state index in [-0.39, 0.29) is 5.91 Å². The molecule has 0 saturated carbocycles. The molecule has 1 heterocycles. The van der Waals surface area contributed by atoms with Crippen LogP contribution < -0.4 is 10.1 Å². The molecule has 0 bridgehead atoms. The Hall–Kier alpha value is -3.35. The summed E-state index contributed by atoms with van der Waals surface area (Å²) in [4.78, 5) is 25.1. The number of benzene rings is 3. The van der Waals surface area contributed by atoms with Gasteiger partial charge >= 0.3 is 5.97 Å². The lowest BCUT2D eigenvalue weighted by Gasteiger charge is -2.10. The normalized spacial score (nSPS) is 12.4. The Morgan fingerprint density at radius 2 is 1.88 bits per heavy atom. The van der Waals surface area contributed by atoms with Crippen molar-refractivity contribution in [1.82, 2.24) is 0 Å². The monoisotopic (exact) mass is 491 g/mol. The first-order valence-electron chi connectivity index (χ1n) is 11.0. The number of esters is 1. The van der Waals surface area contributed by atoms with E-state index in [2.05, 4.69) is 17.4 Å². The van der Waals surface area contributed by atoms with Crippen LogP contribution in [0, 0.1) is 0 Å². The molecule has 5 nitrogen and oxygen atoms in total. The largest absolute Gasteiger partial charge is 0.489 e. The van der Waals surface area contributed by atoms with Gasteiger partial charge in [0.15, 0.2) is 0 Å². The zero-order valence-corrected chi connectivity index (χ0v) is 20.1. The maximum atomic E-state index is 12.9. The lowest BCUT2D eigenvalue weighted by atomic mass is 10.1. The summed E-state index contributed by atoms with van der Waals surface area (Å²) >= 11 is 7.55. The van der Waals surface area contributed by atoms with Gasteiger partial charge in [0.2, 0.25) is 0 Å². The lowest BCUT2D eigenvalue weighted by Crippen LogP contribution is -2.12. The SMILES string of the molecule is COC(=O)c1sc2cc(NC(=O)c3cccc(COc4ccc5c(c4)CCC5)c3)ccc2c1Cl. The van der Waals surface area contributed by atoms with Crippen molar-refractivity contribution in [1.29, 1.82) is 0 Å². The zero-order valence-electron chi connectivity index (χ0n) is 18.5. The number of thiophene rings is 1. The van der Waals surface area contributed by atoms with E-state index in [1.54, 1.807) is 24.3 Å². The van der Waals surface area contributed by atoms with E-state index in [1.165, 1.54) is 36.0 Å². The van der Waals surface area contributed by atoms with Crippen molar-refractivity contribution < 1.29 is 19.1 Å². The third kappa shape index (κ3) is 4.52. The third-order valence-corrected chi connectivity index (χ3v) is 7.56. The Kier molecular flexibility index (Phi) is 6.26. The smallest absolute Gasteiger partial charge is 0.349 e. The number of hydrogen-bond donors (Lipinski definition) is 1. The molecule has 0 saturated heterocycles. The van der Waals surface area contributed by atoms with Crippen LogP contribution in [0.1, 0.15) is 43.1 Å². The second kappa shape index (κ2) is 9.49. The number of halogens is 1. The molecule has 1 N–H and O–H groups in total. The Labute approximate surface area is 206 Å². The molecule has 0 atom stereocenters. The molecule has 0 aliphatic heterocycles. The highest BCUT2D eigenvalue weighted by Crippen LogP contribution is 2.37. The van der Waals surface area contributed by atoms with E-state index in [9.17, 15) is 9.59 Å². The van der Waals surface area contributed by atoms with Gasteiger partial charge in [-0.15, -0.1) is 11.3 Å². The van der Waals surface area contributed by atoms with Gasteiger partial charge in [-0.2, -0.15) is 0 Å². The van der Waals surface area contributed by atoms with Gasteiger partial charge in [-0.25, -0.2) is 4.79 Å². The van der Waals surface area contributed by atoms with Crippen LogP contribution in [0.25, 0.3) is 10.1 Å². The molecule has 34 heavy (non-hydrogen) atoms. The standard InChI is InChI=1S/C27H22ClNO4S/c1-32-27(31)25-24(28)22-11-9-20(14-23(22)34-25)29-26(30)19-7-2-4-16(12-19)15-33-21-10-8-17-5-3-6-18(17)13-21/h2,4,7-14H,3,5-6,15H2,1H3,(H,29,30). The highest BCUT2D eigenvalue weighted by molar-refractivity contribution is 7.21. The number of carbonyl (C=O) groups excluding carboxylic acids is 2. The first-order chi connectivity index (χ1) is 16.5. The fraction of sp³-hybridized carbons (Fsp3) is 0.185. The summed E-state index contributed by atoms with van der Waals surface area (Å²) in [5.41, 5.74) is 4.85. The predicted molar refractivity (Wildman–Crippen MR) is 135 cm³/mol. The summed E-state index contributed by atoms with van der Waals surface area (Å²) in [5, 5.41) is 4.03. The molecule has 1 aliphatic carbocycles. The molecule has 3 aromatic carbocycles. The average Bonchev–Trinajstić information content (AvgIpc) is 3.46. The predicted octanol–water partition coefficient (Wildman–Crippen LogP) is 6.66. The summed E-state index contributed by atoms with van der Waals surface area (Å²) in [6.45, 7) is 0.385. The Balaban J connectivity index is 1.28. The first-order valence-corrected chi connectivity index (χ1v) is 12.2. The van der Waals surface area contributed by atoms with Crippen molar-refractivity contribution in [3.63, 3.8) is 0 Å². The summed E-state index contributed by atoms with van der Waals surface area (Å²) in [6, 6.07) is 19.0. The van der Waals surface area contributed by atoms with Crippen molar-refractivity contribution in [3.8, 4) is 5.75 Å². The van der Waals surface area contributed by atoms with E-state index >= 15 is 0 Å². The van der Waals surface area contributed by atoms with Crippen molar-refractivity contribution in [2.75, 3.05) is 12.4 Å². The van der Waals surface area contributed by atoms with E-state index in [1.807, 2.05) is 24.3 Å². The number of ether oxygens (including phenoxy) is 2. The fourth-order valence-electron chi connectivity index (χ4n) is 4.18. The molecule has 1 aromatic heterocycles. The first kappa shape index (κ1) is 22.4. The van der Waals surface area contributed by atoms with Crippen LogP contribution in [0.5, 0.6) is 5.75 Å². The van der Waals surface area contributed by atoms with Gasteiger partial charge in [-0.3, -0.25) is 4.79 Å². The number of aryl methyl sites for hydroxylation is 2. The molecule has 0 spiro atoms. The molecule has 1 amide bonds. The molecule has 172 valence electrons. The van der Waals surface area contributed by atoms with Crippen molar-refractivity contribution in [2.24, 2.45) is 0 Å². The van der Waals surface area contributed by atoms with Gasteiger partial charge in [-0.1, -0.05) is 29.8 Å². The van der Waals surface area contributed by atoms with E-state index in [0.29, 0.717) is 27.8 Å². The number of hydrogen-bond acceptors (Lipinski definition) is 5. The zero-order chi connectivity index (χ0) is 23.7. The maximum absolute atomic E-state index is 12.9. The quantitative estimate of drug-likeness (QED) is 0.306. The molecule has 0 radical (unpaired) electrons.